The smallest absolute Gasteiger partial charge is 0.465 e. The summed E-state index contributed by atoms with van der Waals surface area (Å²) in [6.45, 7) is 3.26. The standard InChI is InChI=1S/C19H20BN4OS/c20-24-8-11-5-14(9-24)17(15(6-11)10-24)25-19-23-22-18(26-19)13-1-2-16-12(7-13)3-4-21-16/h1-4,7,11,14-15,17,21H,5-6,8-10H2/q+1. The molecule has 0 amide bonds. The molecule has 2 unspecified atom stereocenters. The van der Waals surface area contributed by atoms with Crippen LogP contribution in [0.5, 0.6) is 5.19 Å². The second-order valence-electron chi connectivity index (χ2n) is 8.36. The van der Waals surface area contributed by atoms with Gasteiger partial charge in [0.25, 0.3) is 5.19 Å². The van der Waals surface area contributed by atoms with Crippen LogP contribution in [0.4, 0.5) is 0 Å². The Bertz CT molecular complexity index is 969. The summed E-state index contributed by atoms with van der Waals surface area (Å²) < 4.78 is 7.15. The van der Waals surface area contributed by atoms with Gasteiger partial charge in [-0.3, -0.25) is 0 Å². The summed E-state index contributed by atoms with van der Waals surface area (Å²) in [5.41, 5.74) is 2.23. The second-order valence-corrected chi connectivity index (χ2v) is 9.30. The number of aromatic amines is 1. The van der Waals surface area contributed by atoms with Crippen LogP contribution in [-0.2, 0) is 0 Å². The molecule has 130 valence electrons. The molecule has 5 nitrogen and oxygen atoms in total. The summed E-state index contributed by atoms with van der Waals surface area (Å²) in [4.78, 5) is 3.22. The Balaban J connectivity index is 1.25. The Morgan fingerprint density at radius 2 is 1.96 bits per heavy atom. The van der Waals surface area contributed by atoms with Gasteiger partial charge < -0.3 is 14.1 Å². The van der Waals surface area contributed by atoms with Gasteiger partial charge in [-0.1, -0.05) is 16.4 Å². The maximum absolute atomic E-state index is 6.55. The van der Waals surface area contributed by atoms with Crippen LogP contribution < -0.4 is 4.74 Å². The Kier molecular flexibility index (Phi) is 3.12. The molecule has 3 aromatic rings. The van der Waals surface area contributed by atoms with E-state index in [-0.39, 0.29) is 6.10 Å². The van der Waals surface area contributed by atoms with Crippen LogP contribution >= 0.6 is 11.3 Å². The highest BCUT2D eigenvalue weighted by atomic mass is 32.1. The van der Waals surface area contributed by atoms with E-state index in [0.29, 0.717) is 17.0 Å². The molecule has 7 rings (SSSR count). The average molecular weight is 363 g/mol. The van der Waals surface area contributed by atoms with E-state index in [1.54, 1.807) is 11.3 Å². The first-order valence-electron chi connectivity index (χ1n) is 9.38. The minimum absolute atomic E-state index is 0.259. The number of nitrogens with zero attached hydrogens (tertiary/aromatic N) is 3. The Labute approximate surface area is 157 Å². The molecule has 5 heterocycles. The topological polar surface area (TPSA) is 50.8 Å². The number of aromatic nitrogens is 3. The van der Waals surface area contributed by atoms with Crippen molar-refractivity contribution in [2.75, 3.05) is 19.6 Å². The molecule has 2 atom stereocenters. The molecule has 3 saturated heterocycles. The minimum atomic E-state index is 0.259. The lowest BCUT2D eigenvalue weighted by Crippen LogP contribution is -2.70. The highest BCUT2D eigenvalue weighted by molar-refractivity contribution is 7.16. The van der Waals surface area contributed by atoms with E-state index < -0.39 is 0 Å². The summed E-state index contributed by atoms with van der Waals surface area (Å²) in [7, 11) is 6.55. The quantitative estimate of drug-likeness (QED) is 0.728. The van der Waals surface area contributed by atoms with Crippen LogP contribution in [0.1, 0.15) is 12.8 Å². The molecule has 4 fully saturated rings. The lowest BCUT2D eigenvalue weighted by Gasteiger charge is -2.59. The van der Waals surface area contributed by atoms with E-state index >= 15 is 0 Å². The lowest BCUT2D eigenvalue weighted by atomic mass is 9.63. The molecule has 1 aliphatic carbocycles. The number of quaternary nitrogens is 1. The molecule has 7 heteroatoms. The van der Waals surface area contributed by atoms with Gasteiger partial charge in [-0.25, -0.2) is 0 Å². The zero-order valence-electron chi connectivity index (χ0n) is 14.5. The van der Waals surface area contributed by atoms with Crippen LogP contribution in [0.25, 0.3) is 21.5 Å². The minimum Gasteiger partial charge on any atom is -0.465 e. The molecule has 3 aliphatic heterocycles. The Morgan fingerprint density at radius 1 is 1.12 bits per heavy atom. The van der Waals surface area contributed by atoms with E-state index in [1.165, 1.54) is 18.2 Å². The first-order chi connectivity index (χ1) is 12.7. The van der Waals surface area contributed by atoms with Gasteiger partial charge in [-0.2, -0.15) is 0 Å². The van der Waals surface area contributed by atoms with Gasteiger partial charge in [-0.05, 0) is 37.1 Å². The van der Waals surface area contributed by atoms with Crippen molar-refractivity contribution in [2.45, 2.75) is 18.9 Å². The molecule has 1 N–H and O–H groups in total. The summed E-state index contributed by atoms with van der Waals surface area (Å²) >= 11 is 1.55. The van der Waals surface area contributed by atoms with Crippen LogP contribution in [0, 0.1) is 17.8 Å². The van der Waals surface area contributed by atoms with Crippen molar-refractivity contribution in [3.05, 3.63) is 30.5 Å². The number of fused-ring (bicyclic) bond motifs is 1. The van der Waals surface area contributed by atoms with Gasteiger partial charge in [-0.15, -0.1) is 5.10 Å². The van der Waals surface area contributed by atoms with E-state index in [1.807, 2.05) is 6.20 Å². The number of H-pyrrole nitrogens is 1. The highest BCUT2D eigenvalue weighted by Gasteiger charge is 2.55. The number of nitrogens with one attached hydrogen (secondary N) is 1. The Hall–Kier alpha value is -1.86. The molecule has 1 aromatic carbocycles. The third kappa shape index (κ3) is 2.33. The fourth-order valence-corrected chi connectivity index (χ4v) is 6.39. The van der Waals surface area contributed by atoms with E-state index in [9.17, 15) is 0 Å². The number of benzene rings is 1. The number of ether oxygens (including phenoxy) is 1. The first kappa shape index (κ1) is 15.2. The number of hydrogen-bond acceptors (Lipinski definition) is 4. The zero-order chi connectivity index (χ0) is 17.3. The third-order valence-electron chi connectivity index (χ3n) is 6.46. The van der Waals surface area contributed by atoms with Crippen molar-refractivity contribution in [3.63, 3.8) is 0 Å². The molecular weight excluding hydrogens is 343 g/mol. The van der Waals surface area contributed by atoms with Crippen molar-refractivity contribution in [2.24, 2.45) is 17.8 Å². The summed E-state index contributed by atoms with van der Waals surface area (Å²) in [5.74, 6) is 1.92. The average Bonchev–Trinajstić information content (AvgIpc) is 3.25. The van der Waals surface area contributed by atoms with Crippen LogP contribution in [-0.4, -0.2) is 53.3 Å². The number of piperidine rings is 3. The van der Waals surface area contributed by atoms with Gasteiger partial charge in [0.1, 0.15) is 6.10 Å². The van der Waals surface area contributed by atoms with Crippen LogP contribution in [0.15, 0.2) is 30.5 Å². The predicted molar refractivity (Wildman–Crippen MR) is 102 cm³/mol. The van der Waals surface area contributed by atoms with Gasteiger partial charge in [0.2, 0.25) is 0 Å². The van der Waals surface area contributed by atoms with Crippen LogP contribution in [0.3, 0.4) is 0 Å². The number of hydrogen-bond donors (Lipinski definition) is 1. The molecule has 2 aromatic heterocycles. The summed E-state index contributed by atoms with van der Waals surface area (Å²) in [6, 6.07) is 8.39. The maximum Gasteiger partial charge on any atom is 0.481 e. The van der Waals surface area contributed by atoms with Crippen molar-refractivity contribution in [3.8, 4) is 15.8 Å². The van der Waals surface area contributed by atoms with E-state index in [4.69, 9.17) is 12.7 Å². The van der Waals surface area contributed by atoms with Gasteiger partial charge >= 0.3 is 7.98 Å². The third-order valence-corrected chi connectivity index (χ3v) is 7.33. The zero-order valence-corrected chi connectivity index (χ0v) is 15.3. The van der Waals surface area contributed by atoms with Gasteiger partial charge in [0, 0.05) is 40.4 Å². The summed E-state index contributed by atoms with van der Waals surface area (Å²) in [6.07, 6.45) is 4.73. The molecule has 4 bridgehead atoms. The number of rotatable bonds is 3. The van der Waals surface area contributed by atoms with Gasteiger partial charge in [0.15, 0.2) is 5.01 Å². The molecule has 1 saturated carbocycles. The SMILES string of the molecule is [B][N+]12CC3CC(C1)C(Oc1nnc(-c4ccc5[nH]ccc5c4)s1)C(C3)C2. The fourth-order valence-electron chi connectivity index (χ4n) is 5.65. The van der Waals surface area contributed by atoms with Crippen molar-refractivity contribution in [1.29, 1.82) is 0 Å². The van der Waals surface area contributed by atoms with Crippen molar-refractivity contribution < 1.29 is 9.13 Å². The van der Waals surface area contributed by atoms with Crippen molar-refractivity contribution >= 4 is 30.2 Å². The lowest BCUT2D eigenvalue weighted by molar-refractivity contribution is -0.852. The molecule has 26 heavy (non-hydrogen) atoms. The largest absolute Gasteiger partial charge is 0.481 e. The van der Waals surface area contributed by atoms with Crippen LogP contribution in [0.2, 0.25) is 0 Å². The monoisotopic (exact) mass is 363 g/mol. The molecule has 4 aliphatic rings. The fraction of sp³-hybridized carbons (Fsp3) is 0.474. The predicted octanol–water partition coefficient (Wildman–Crippen LogP) is 3.00. The van der Waals surface area contributed by atoms with E-state index in [2.05, 4.69) is 39.4 Å². The Morgan fingerprint density at radius 3 is 2.77 bits per heavy atom. The van der Waals surface area contributed by atoms with Gasteiger partial charge in [0.05, 0.1) is 19.6 Å². The summed E-state index contributed by atoms with van der Waals surface area (Å²) in [5, 5.41) is 11.5. The second kappa shape index (κ2) is 5.33. The molecular formula is C19H20BN4OS+. The normalized spacial score (nSPS) is 35.2. The van der Waals surface area contributed by atoms with E-state index in [0.717, 1.165) is 46.0 Å². The first-order valence-corrected chi connectivity index (χ1v) is 10.2. The highest BCUT2D eigenvalue weighted by Crippen LogP contribution is 2.47. The molecule has 0 spiro atoms. The maximum atomic E-state index is 6.55. The molecule has 2 radical (unpaired) electrons. The van der Waals surface area contributed by atoms with Crippen molar-refractivity contribution in [1.82, 2.24) is 15.2 Å².